The van der Waals surface area contributed by atoms with Gasteiger partial charge < -0.3 is 5.73 Å². The van der Waals surface area contributed by atoms with Crippen LogP contribution in [0.15, 0.2) is 18.2 Å². The summed E-state index contributed by atoms with van der Waals surface area (Å²) in [4.78, 5) is 0. The third-order valence-corrected chi connectivity index (χ3v) is 4.21. The number of aromatic nitrogens is 2. The smallest absolute Gasteiger partial charge is 0.149 e. The van der Waals surface area contributed by atoms with Crippen molar-refractivity contribution in [3.63, 3.8) is 0 Å². The lowest BCUT2D eigenvalue weighted by Gasteiger charge is -2.03. The summed E-state index contributed by atoms with van der Waals surface area (Å²) in [7, 11) is 0. The fourth-order valence-electron chi connectivity index (χ4n) is 1.48. The van der Waals surface area contributed by atoms with Gasteiger partial charge in [-0.15, -0.1) is 10.2 Å². The molecule has 2 N–H and O–H groups in total. The van der Waals surface area contributed by atoms with Crippen LogP contribution in [0.2, 0.25) is 5.02 Å². The van der Waals surface area contributed by atoms with Crippen LogP contribution in [0.5, 0.6) is 0 Å². The lowest BCUT2D eigenvalue weighted by atomic mass is 10.1. The van der Waals surface area contributed by atoms with Crippen LogP contribution in [0.25, 0.3) is 10.6 Å². The molecule has 5 heteroatoms. The van der Waals surface area contributed by atoms with Gasteiger partial charge in [-0.2, -0.15) is 0 Å². The SMILES string of the molecule is CCC(N)c1nnc(-c2cccc(C)c2Cl)s1. The molecule has 2 rings (SSSR count). The minimum absolute atomic E-state index is 0.0372. The summed E-state index contributed by atoms with van der Waals surface area (Å²) in [5.41, 5.74) is 7.90. The topological polar surface area (TPSA) is 51.8 Å². The highest BCUT2D eigenvalue weighted by Gasteiger charge is 2.14. The van der Waals surface area contributed by atoms with Gasteiger partial charge in [0.2, 0.25) is 0 Å². The Balaban J connectivity index is 2.40. The van der Waals surface area contributed by atoms with Crippen LogP contribution in [0.4, 0.5) is 0 Å². The first-order valence-electron chi connectivity index (χ1n) is 5.48. The zero-order valence-corrected chi connectivity index (χ0v) is 11.3. The van der Waals surface area contributed by atoms with Crippen LogP contribution in [0, 0.1) is 6.92 Å². The number of nitrogens with two attached hydrogens (primary N) is 1. The van der Waals surface area contributed by atoms with Crippen molar-refractivity contribution in [3.05, 3.63) is 33.8 Å². The molecule has 17 heavy (non-hydrogen) atoms. The van der Waals surface area contributed by atoms with Gasteiger partial charge in [-0.1, -0.05) is 48.1 Å². The first-order chi connectivity index (χ1) is 8.13. The third kappa shape index (κ3) is 2.49. The number of hydrogen-bond donors (Lipinski definition) is 1. The van der Waals surface area contributed by atoms with Crippen molar-refractivity contribution in [2.24, 2.45) is 5.73 Å². The molecule has 0 radical (unpaired) electrons. The van der Waals surface area contributed by atoms with Gasteiger partial charge in [-0.25, -0.2) is 0 Å². The van der Waals surface area contributed by atoms with Crippen LogP contribution in [-0.2, 0) is 0 Å². The monoisotopic (exact) mass is 267 g/mol. The Morgan fingerprint density at radius 3 is 2.88 bits per heavy atom. The fourth-order valence-corrected chi connectivity index (χ4v) is 2.71. The van der Waals surface area contributed by atoms with E-state index in [1.165, 1.54) is 11.3 Å². The van der Waals surface area contributed by atoms with Crippen LogP contribution >= 0.6 is 22.9 Å². The van der Waals surface area contributed by atoms with E-state index >= 15 is 0 Å². The largest absolute Gasteiger partial charge is 0.322 e. The maximum Gasteiger partial charge on any atom is 0.149 e. The molecule has 0 aliphatic carbocycles. The molecule has 1 atom stereocenters. The van der Waals surface area contributed by atoms with E-state index < -0.39 is 0 Å². The van der Waals surface area contributed by atoms with Gasteiger partial charge >= 0.3 is 0 Å². The summed E-state index contributed by atoms with van der Waals surface area (Å²) in [6.07, 6.45) is 0.857. The lowest BCUT2D eigenvalue weighted by molar-refractivity contribution is 0.683. The number of aryl methyl sites for hydroxylation is 1. The molecule has 1 heterocycles. The van der Waals surface area contributed by atoms with Crippen molar-refractivity contribution in [1.82, 2.24) is 10.2 Å². The minimum atomic E-state index is -0.0372. The predicted octanol–water partition coefficient (Wildman–Crippen LogP) is 3.58. The Hall–Kier alpha value is -0.970. The molecular weight excluding hydrogens is 254 g/mol. The van der Waals surface area contributed by atoms with Gasteiger partial charge in [0.1, 0.15) is 10.0 Å². The van der Waals surface area contributed by atoms with Gasteiger partial charge in [0.05, 0.1) is 11.1 Å². The van der Waals surface area contributed by atoms with Crippen molar-refractivity contribution in [3.8, 4) is 10.6 Å². The quantitative estimate of drug-likeness (QED) is 0.925. The Morgan fingerprint density at radius 2 is 2.18 bits per heavy atom. The molecule has 0 aliphatic heterocycles. The Labute approximate surface area is 110 Å². The highest BCUT2D eigenvalue weighted by Crippen LogP contribution is 2.33. The van der Waals surface area contributed by atoms with Crippen molar-refractivity contribution in [1.29, 1.82) is 0 Å². The summed E-state index contributed by atoms with van der Waals surface area (Å²) in [6.45, 7) is 4.01. The maximum atomic E-state index is 6.26. The van der Waals surface area contributed by atoms with Gasteiger partial charge in [-0.3, -0.25) is 0 Å². The average Bonchev–Trinajstić information content (AvgIpc) is 2.81. The zero-order chi connectivity index (χ0) is 12.4. The molecule has 2 aromatic rings. The second-order valence-corrected chi connectivity index (χ2v) is 5.28. The molecule has 1 aromatic carbocycles. The van der Waals surface area contributed by atoms with Crippen molar-refractivity contribution in [2.45, 2.75) is 26.3 Å². The van der Waals surface area contributed by atoms with Crippen molar-refractivity contribution < 1.29 is 0 Å². The van der Waals surface area contributed by atoms with E-state index in [1.54, 1.807) is 0 Å². The predicted molar refractivity (Wildman–Crippen MR) is 72.3 cm³/mol. The van der Waals surface area contributed by atoms with Gasteiger partial charge in [-0.05, 0) is 18.9 Å². The van der Waals surface area contributed by atoms with Gasteiger partial charge in [0.25, 0.3) is 0 Å². The van der Waals surface area contributed by atoms with Crippen LogP contribution in [0.3, 0.4) is 0 Å². The molecule has 0 amide bonds. The molecule has 3 nitrogen and oxygen atoms in total. The Kier molecular flexibility index (Phi) is 3.76. The molecule has 0 aliphatic rings. The summed E-state index contributed by atoms with van der Waals surface area (Å²) >= 11 is 7.77. The third-order valence-electron chi connectivity index (χ3n) is 2.62. The molecule has 90 valence electrons. The van der Waals surface area contributed by atoms with Crippen molar-refractivity contribution in [2.75, 3.05) is 0 Å². The molecule has 0 spiro atoms. The fraction of sp³-hybridized carbons (Fsp3) is 0.333. The summed E-state index contributed by atoms with van der Waals surface area (Å²) < 4.78 is 0. The highest BCUT2D eigenvalue weighted by atomic mass is 35.5. The number of benzene rings is 1. The van der Waals surface area contributed by atoms with E-state index in [9.17, 15) is 0 Å². The lowest BCUT2D eigenvalue weighted by Crippen LogP contribution is -2.07. The highest BCUT2D eigenvalue weighted by molar-refractivity contribution is 7.14. The van der Waals surface area contributed by atoms with E-state index in [0.717, 1.165) is 32.6 Å². The van der Waals surface area contributed by atoms with Crippen LogP contribution in [0.1, 0.15) is 30.0 Å². The summed E-state index contributed by atoms with van der Waals surface area (Å²) in [5.74, 6) is 0. The van der Waals surface area contributed by atoms with E-state index in [4.69, 9.17) is 17.3 Å². The molecule has 0 saturated carbocycles. The average molecular weight is 268 g/mol. The van der Waals surface area contributed by atoms with E-state index in [2.05, 4.69) is 10.2 Å². The molecule has 0 fully saturated rings. The molecule has 1 unspecified atom stereocenters. The maximum absolute atomic E-state index is 6.26. The second kappa shape index (κ2) is 5.12. The molecule has 0 saturated heterocycles. The van der Waals surface area contributed by atoms with Gasteiger partial charge in [0, 0.05) is 5.56 Å². The number of rotatable bonds is 3. The van der Waals surface area contributed by atoms with E-state index in [0.29, 0.717) is 0 Å². The Bertz CT molecular complexity index is 524. The van der Waals surface area contributed by atoms with E-state index in [1.807, 2.05) is 32.0 Å². The number of hydrogen-bond acceptors (Lipinski definition) is 4. The van der Waals surface area contributed by atoms with Crippen LogP contribution < -0.4 is 5.73 Å². The molecule has 0 bridgehead atoms. The molecule has 1 aromatic heterocycles. The summed E-state index contributed by atoms with van der Waals surface area (Å²) in [5, 5.41) is 10.7. The first-order valence-corrected chi connectivity index (χ1v) is 6.67. The van der Waals surface area contributed by atoms with E-state index in [-0.39, 0.29) is 6.04 Å². The van der Waals surface area contributed by atoms with Gasteiger partial charge in [0.15, 0.2) is 0 Å². The molecular formula is C12H14ClN3S. The number of halogens is 1. The van der Waals surface area contributed by atoms with Crippen molar-refractivity contribution >= 4 is 22.9 Å². The first kappa shape index (κ1) is 12.5. The second-order valence-electron chi connectivity index (χ2n) is 3.90. The number of nitrogens with zero attached hydrogens (tertiary/aromatic N) is 2. The Morgan fingerprint density at radius 1 is 1.41 bits per heavy atom. The minimum Gasteiger partial charge on any atom is -0.322 e. The standard InChI is InChI=1S/C12H14ClN3S/c1-3-9(14)12-16-15-11(17-12)8-6-4-5-7(2)10(8)13/h4-6,9H,3,14H2,1-2H3. The normalized spacial score (nSPS) is 12.7. The zero-order valence-electron chi connectivity index (χ0n) is 9.77. The summed E-state index contributed by atoms with van der Waals surface area (Å²) in [6, 6.07) is 5.87. The van der Waals surface area contributed by atoms with Crippen LogP contribution in [-0.4, -0.2) is 10.2 Å².